The molecule has 2 aromatic carbocycles. The van der Waals surface area contributed by atoms with Crippen LogP contribution in [0.3, 0.4) is 0 Å². The number of hydrogen-bond acceptors (Lipinski definition) is 3. The lowest BCUT2D eigenvalue weighted by atomic mass is 9.99. The minimum atomic E-state index is 0.626. The number of nitrogens with zero attached hydrogens (tertiary/aromatic N) is 1. The molecular weight excluding hydrogens is 276 g/mol. The van der Waals surface area contributed by atoms with Gasteiger partial charge in [-0.25, -0.2) is 0 Å². The largest absolute Gasteiger partial charge is 0.397 e. The molecule has 1 aromatic heterocycles. The van der Waals surface area contributed by atoms with Crippen molar-refractivity contribution in [2.75, 3.05) is 5.73 Å². The smallest absolute Gasteiger partial charge is 0.128 e. The van der Waals surface area contributed by atoms with Crippen molar-refractivity contribution in [3.05, 3.63) is 52.9 Å². The van der Waals surface area contributed by atoms with Crippen LogP contribution in [0.15, 0.2) is 42.5 Å². The summed E-state index contributed by atoms with van der Waals surface area (Å²) >= 11 is 1.51. The number of fused-ring (bicyclic) bond motifs is 1. The Hall–Kier alpha value is -2.31. The number of anilines is 1. The van der Waals surface area contributed by atoms with E-state index in [1.807, 2.05) is 12.1 Å². The fourth-order valence-corrected chi connectivity index (χ4v) is 3.81. The molecule has 0 saturated carbocycles. The molecule has 0 aliphatic carbocycles. The number of nitrogen functional groups attached to an aromatic ring is 1. The summed E-state index contributed by atoms with van der Waals surface area (Å²) in [6.45, 7) is 2.13. The summed E-state index contributed by atoms with van der Waals surface area (Å²) in [4.78, 5) is 1.77. The summed E-state index contributed by atoms with van der Waals surface area (Å²) in [5.74, 6) is 0. The summed E-state index contributed by atoms with van der Waals surface area (Å²) in [7, 11) is 0. The van der Waals surface area contributed by atoms with Crippen molar-refractivity contribution in [3.63, 3.8) is 0 Å². The third-order valence-corrected chi connectivity index (χ3v) is 4.87. The molecule has 0 radical (unpaired) electrons. The molecule has 0 fully saturated rings. The van der Waals surface area contributed by atoms with Crippen molar-refractivity contribution in [2.24, 2.45) is 0 Å². The van der Waals surface area contributed by atoms with Crippen LogP contribution in [0.5, 0.6) is 0 Å². The zero-order chi connectivity index (χ0) is 14.8. The van der Waals surface area contributed by atoms with Crippen molar-refractivity contribution >= 4 is 27.8 Å². The van der Waals surface area contributed by atoms with Crippen LogP contribution >= 0.6 is 11.3 Å². The summed E-state index contributed by atoms with van der Waals surface area (Å²) in [6.07, 6.45) is 1.92. The quantitative estimate of drug-likeness (QED) is 0.740. The van der Waals surface area contributed by atoms with Crippen LogP contribution in [0.1, 0.15) is 23.8 Å². The van der Waals surface area contributed by atoms with Gasteiger partial charge in [0.2, 0.25) is 0 Å². The van der Waals surface area contributed by atoms with Gasteiger partial charge in [0, 0.05) is 4.88 Å². The summed E-state index contributed by atoms with van der Waals surface area (Å²) in [5.41, 5.74) is 9.13. The number of hydrogen-bond donors (Lipinski definition) is 1. The van der Waals surface area contributed by atoms with E-state index in [9.17, 15) is 5.26 Å². The maximum absolute atomic E-state index is 9.27. The monoisotopic (exact) mass is 292 g/mol. The maximum Gasteiger partial charge on any atom is 0.128 e. The second-order valence-corrected chi connectivity index (χ2v) is 6.06. The first-order chi connectivity index (χ1) is 10.3. The van der Waals surface area contributed by atoms with Gasteiger partial charge in [0.05, 0.1) is 5.69 Å². The molecule has 2 N–H and O–H groups in total. The van der Waals surface area contributed by atoms with E-state index in [0.717, 1.165) is 23.3 Å². The van der Waals surface area contributed by atoms with Crippen molar-refractivity contribution in [2.45, 2.75) is 19.8 Å². The van der Waals surface area contributed by atoms with Crippen LogP contribution in [0.25, 0.3) is 21.2 Å². The number of benzene rings is 2. The Kier molecular flexibility index (Phi) is 3.64. The van der Waals surface area contributed by atoms with Crippen LogP contribution in [-0.4, -0.2) is 0 Å². The molecule has 0 spiro atoms. The van der Waals surface area contributed by atoms with Crippen LogP contribution in [0.2, 0.25) is 0 Å². The van der Waals surface area contributed by atoms with Crippen LogP contribution in [0, 0.1) is 11.3 Å². The van der Waals surface area contributed by atoms with Crippen LogP contribution in [0.4, 0.5) is 5.69 Å². The third kappa shape index (κ3) is 2.28. The first-order valence-electron chi connectivity index (χ1n) is 7.05. The molecule has 0 bridgehead atoms. The fraction of sp³-hybridized carbons (Fsp3) is 0.167. The van der Waals surface area contributed by atoms with Gasteiger partial charge in [-0.05, 0) is 28.3 Å². The first-order valence-corrected chi connectivity index (χ1v) is 7.87. The van der Waals surface area contributed by atoms with Crippen molar-refractivity contribution in [1.29, 1.82) is 5.26 Å². The predicted molar refractivity (Wildman–Crippen MR) is 90.4 cm³/mol. The zero-order valence-electron chi connectivity index (χ0n) is 11.9. The van der Waals surface area contributed by atoms with E-state index in [0.29, 0.717) is 10.6 Å². The number of rotatable bonds is 3. The minimum Gasteiger partial charge on any atom is -0.397 e. The molecule has 0 saturated heterocycles. The molecule has 0 unspecified atom stereocenters. The highest BCUT2D eigenvalue weighted by Crippen LogP contribution is 2.41. The van der Waals surface area contributed by atoms with E-state index in [4.69, 9.17) is 5.73 Å². The van der Waals surface area contributed by atoms with Gasteiger partial charge in [-0.1, -0.05) is 55.8 Å². The van der Waals surface area contributed by atoms with Crippen molar-refractivity contribution < 1.29 is 0 Å². The minimum absolute atomic E-state index is 0.626. The molecule has 0 aliphatic heterocycles. The van der Waals surface area contributed by atoms with Gasteiger partial charge in [0.25, 0.3) is 0 Å². The Labute approximate surface area is 128 Å². The van der Waals surface area contributed by atoms with Crippen molar-refractivity contribution in [3.8, 4) is 16.5 Å². The predicted octanol–water partition coefficient (Wildman–Crippen LogP) is 4.97. The second-order valence-electron chi connectivity index (χ2n) is 5.04. The lowest BCUT2D eigenvalue weighted by molar-refractivity contribution is 0.930. The molecule has 104 valence electrons. The number of nitriles is 1. The van der Waals surface area contributed by atoms with Crippen molar-refractivity contribution in [1.82, 2.24) is 0 Å². The Bertz CT molecular complexity index is 835. The van der Waals surface area contributed by atoms with Crippen LogP contribution < -0.4 is 5.73 Å². The fourth-order valence-electron chi connectivity index (χ4n) is 2.70. The first kappa shape index (κ1) is 13.7. The maximum atomic E-state index is 9.27. The lowest BCUT2D eigenvalue weighted by Gasteiger charge is -2.08. The van der Waals surface area contributed by atoms with Gasteiger partial charge in [-0.3, -0.25) is 0 Å². The molecule has 3 heteroatoms. The summed E-state index contributed by atoms with van der Waals surface area (Å²) < 4.78 is 0. The molecule has 3 rings (SSSR count). The number of nitrogens with two attached hydrogens (primary N) is 1. The van der Waals surface area contributed by atoms with Gasteiger partial charge in [0.15, 0.2) is 0 Å². The van der Waals surface area contributed by atoms with E-state index in [1.165, 1.54) is 27.7 Å². The lowest BCUT2D eigenvalue weighted by Crippen LogP contribution is -1.93. The van der Waals surface area contributed by atoms with Gasteiger partial charge >= 0.3 is 0 Å². The zero-order valence-corrected chi connectivity index (χ0v) is 12.7. The highest BCUT2D eigenvalue weighted by molar-refractivity contribution is 7.17. The Balaban J connectivity index is 2.30. The molecule has 0 aliphatic rings. The molecule has 2 nitrogen and oxygen atoms in total. The molecule has 1 heterocycles. The average molecular weight is 292 g/mol. The standard InChI is InChI=1S/C18H16N2S/c1-2-6-15-17(20)16(11-19)21-18(15)14-10-5-8-12-7-3-4-9-13(12)14/h3-5,7-10H,2,6,20H2,1H3. The summed E-state index contributed by atoms with van der Waals surface area (Å²) in [5, 5.41) is 11.7. The SMILES string of the molecule is CCCc1c(-c2cccc3ccccc23)sc(C#N)c1N. The van der Waals surface area contributed by atoms with Gasteiger partial charge in [0.1, 0.15) is 10.9 Å². The van der Waals surface area contributed by atoms with E-state index in [-0.39, 0.29) is 0 Å². The van der Waals surface area contributed by atoms with Gasteiger partial charge in [-0.2, -0.15) is 5.26 Å². The van der Waals surface area contributed by atoms with E-state index in [1.54, 1.807) is 0 Å². The summed E-state index contributed by atoms with van der Waals surface area (Å²) in [6, 6.07) is 16.9. The second kappa shape index (κ2) is 5.59. The van der Waals surface area contributed by atoms with Gasteiger partial charge < -0.3 is 5.73 Å². The van der Waals surface area contributed by atoms with E-state index in [2.05, 4.69) is 43.3 Å². The molecule has 21 heavy (non-hydrogen) atoms. The molecule has 3 aromatic rings. The Morgan fingerprint density at radius 3 is 2.67 bits per heavy atom. The molecule has 0 amide bonds. The Morgan fingerprint density at radius 1 is 1.14 bits per heavy atom. The average Bonchev–Trinajstić information content (AvgIpc) is 2.84. The number of thiophene rings is 1. The van der Waals surface area contributed by atoms with E-state index < -0.39 is 0 Å². The van der Waals surface area contributed by atoms with Gasteiger partial charge in [-0.15, -0.1) is 11.3 Å². The highest BCUT2D eigenvalue weighted by atomic mass is 32.1. The molecular formula is C18H16N2S. The third-order valence-electron chi connectivity index (χ3n) is 3.68. The van der Waals surface area contributed by atoms with Crippen LogP contribution in [-0.2, 0) is 6.42 Å². The molecule has 0 atom stereocenters. The normalized spacial score (nSPS) is 10.7. The highest BCUT2D eigenvalue weighted by Gasteiger charge is 2.17. The van der Waals surface area contributed by atoms with E-state index >= 15 is 0 Å². The topological polar surface area (TPSA) is 49.8 Å². The Morgan fingerprint density at radius 2 is 1.90 bits per heavy atom.